The van der Waals surface area contributed by atoms with Crippen LogP contribution < -0.4 is 10.5 Å². The molecule has 0 saturated heterocycles. The number of benzene rings is 2. The van der Waals surface area contributed by atoms with Gasteiger partial charge in [-0.1, -0.05) is 43.2 Å². The SMILES string of the molecule is NS(=O)(=O)c1ccccc1-c1ccc(CNC(=O)C2CCCC2)c(F)c1. The van der Waals surface area contributed by atoms with Gasteiger partial charge in [0.25, 0.3) is 0 Å². The first kappa shape index (κ1) is 18.5. The molecule has 0 aromatic heterocycles. The summed E-state index contributed by atoms with van der Waals surface area (Å²) in [6, 6.07) is 10.6. The van der Waals surface area contributed by atoms with Crippen LogP contribution in [0.5, 0.6) is 0 Å². The van der Waals surface area contributed by atoms with Crippen LogP contribution in [0.3, 0.4) is 0 Å². The lowest BCUT2D eigenvalue weighted by molar-refractivity contribution is -0.124. The molecule has 3 N–H and O–H groups in total. The van der Waals surface area contributed by atoms with Crippen molar-refractivity contribution in [2.24, 2.45) is 11.1 Å². The quantitative estimate of drug-likeness (QED) is 0.841. The van der Waals surface area contributed by atoms with Crippen LogP contribution in [0, 0.1) is 11.7 Å². The van der Waals surface area contributed by atoms with Crippen molar-refractivity contribution in [3.05, 3.63) is 53.8 Å². The smallest absolute Gasteiger partial charge is 0.238 e. The summed E-state index contributed by atoms with van der Waals surface area (Å²) in [5.74, 6) is -0.511. The topological polar surface area (TPSA) is 89.3 Å². The number of hydrogen-bond donors (Lipinski definition) is 2. The Hall–Kier alpha value is -2.25. The van der Waals surface area contributed by atoms with E-state index >= 15 is 0 Å². The van der Waals surface area contributed by atoms with Crippen LogP contribution in [0.2, 0.25) is 0 Å². The Labute approximate surface area is 152 Å². The number of sulfonamides is 1. The zero-order valence-electron chi connectivity index (χ0n) is 14.2. The normalized spacial score (nSPS) is 15.2. The van der Waals surface area contributed by atoms with E-state index in [2.05, 4.69) is 5.32 Å². The zero-order chi connectivity index (χ0) is 18.7. The predicted molar refractivity (Wildman–Crippen MR) is 97.0 cm³/mol. The molecule has 5 nitrogen and oxygen atoms in total. The third-order valence-corrected chi connectivity index (χ3v) is 5.71. The average molecular weight is 376 g/mol. The number of halogens is 1. The Balaban J connectivity index is 1.79. The molecule has 26 heavy (non-hydrogen) atoms. The summed E-state index contributed by atoms with van der Waals surface area (Å²) in [6.07, 6.45) is 3.89. The monoisotopic (exact) mass is 376 g/mol. The molecule has 0 radical (unpaired) electrons. The second-order valence-corrected chi connectivity index (χ2v) is 8.08. The molecule has 2 aromatic rings. The van der Waals surface area contributed by atoms with E-state index in [1.165, 1.54) is 12.1 Å². The highest BCUT2D eigenvalue weighted by Gasteiger charge is 2.22. The van der Waals surface area contributed by atoms with Crippen LogP contribution in [-0.2, 0) is 21.4 Å². The van der Waals surface area contributed by atoms with Gasteiger partial charge in [0.05, 0.1) is 4.90 Å². The molecule has 1 aliphatic rings. The summed E-state index contributed by atoms with van der Waals surface area (Å²) in [6.45, 7) is 0.109. The minimum atomic E-state index is -3.92. The number of rotatable bonds is 5. The molecule has 3 rings (SSSR count). The molecule has 2 aromatic carbocycles. The van der Waals surface area contributed by atoms with Gasteiger partial charge in [0.1, 0.15) is 5.82 Å². The fraction of sp³-hybridized carbons (Fsp3) is 0.316. The Bertz CT molecular complexity index is 922. The van der Waals surface area contributed by atoms with E-state index < -0.39 is 15.8 Å². The van der Waals surface area contributed by atoms with Gasteiger partial charge < -0.3 is 5.32 Å². The highest BCUT2D eigenvalue weighted by Crippen LogP contribution is 2.28. The maximum absolute atomic E-state index is 14.5. The summed E-state index contributed by atoms with van der Waals surface area (Å²) in [7, 11) is -3.92. The van der Waals surface area contributed by atoms with E-state index in [0.29, 0.717) is 16.7 Å². The van der Waals surface area contributed by atoms with Gasteiger partial charge >= 0.3 is 0 Å². The third kappa shape index (κ3) is 4.11. The Kier molecular flexibility index (Phi) is 5.38. The van der Waals surface area contributed by atoms with E-state index in [1.54, 1.807) is 30.3 Å². The lowest BCUT2D eigenvalue weighted by Gasteiger charge is -2.12. The van der Waals surface area contributed by atoms with Crippen LogP contribution in [0.1, 0.15) is 31.2 Å². The molecular formula is C19H21FN2O3S. The summed E-state index contributed by atoms with van der Waals surface area (Å²) >= 11 is 0. The Morgan fingerprint density at radius 1 is 1.15 bits per heavy atom. The highest BCUT2D eigenvalue weighted by molar-refractivity contribution is 7.89. The molecule has 0 aliphatic heterocycles. The molecule has 1 aliphatic carbocycles. The number of nitrogens with two attached hydrogens (primary N) is 1. The van der Waals surface area contributed by atoms with E-state index in [1.807, 2.05) is 0 Å². The number of carbonyl (C=O) groups is 1. The highest BCUT2D eigenvalue weighted by atomic mass is 32.2. The van der Waals surface area contributed by atoms with E-state index in [9.17, 15) is 17.6 Å². The number of carbonyl (C=O) groups excluding carboxylic acids is 1. The lowest BCUT2D eigenvalue weighted by Crippen LogP contribution is -2.29. The van der Waals surface area contributed by atoms with Crippen LogP contribution >= 0.6 is 0 Å². The minimum Gasteiger partial charge on any atom is -0.352 e. The molecule has 0 spiro atoms. The summed E-state index contributed by atoms with van der Waals surface area (Å²) in [4.78, 5) is 12.0. The minimum absolute atomic E-state index is 0.0268. The molecule has 1 saturated carbocycles. The molecule has 0 unspecified atom stereocenters. The third-order valence-electron chi connectivity index (χ3n) is 4.74. The fourth-order valence-corrected chi connectivity index (χ4v) is 4.09. The van der Waals surface area contributed by atoms with Gasteiger partial charge in [0.15, 0.2) is 0 Å². The van der Waals surface area contributed by atoms with Crippen molar-refractivity contribution in [2.75, 3.05) is 0 Å². The molecule has 7 heteroatoms. The van der Waals surface area contributed by atoms with Gasteiger partial charge in [-0.15, -0.1) is 0 Å². The van der Waals surface area contributed by atoms with E-state index in [0.717, 1.165) is 25.7 Å². The zero-order valence-corrected chi connectivity index (χ0v) is 15.1. The van der Waals surface area contributed by atoms with Gasteiger partial charge in [-0.2, -0.15) is 0 Å². The van der Waals surface area contributed by atoms with Crippen molar-refractivity contribution < 1.29 is 17.6 Å². The van der Waals surface area contributed by atoms with Gasteiger partial charge in [-0.3, -0.25) is 4.79 Å². The maximum Gasteiger partial charge on any atom is 0.238 e. The molecule has 1 amide bonds. The first-order valence-corrected chi connectivity index (χ1v) is 10.1. The van der Waals surface area contributed by atoms with Crippen LogP contribution in [0.25, 0.3) is 11.1 Å². The first-order chi connectivity index (χ1) is 12.4. The maximum atomic E-state index is 14.5. The van der Waals surface area contributed by atoms with Crippen molar-refractivity contribution in [2.45, 2.75) is 37.1 Å². The van der Waals surface area contributed by atoms with E-state index in [-0.39, 0.29) is 23.3 Å². The second kappa shape index (κ2) is 7.55. The largest absolute Gasteiger partial charge is 0.352 e. The Morgan fingerprint density at radius 3 is 2.50 bits per heavy atom. The molecular weight excluding hydrogens is 355 g/mol. The molecule has 138 valence electrons. The average Bonchev–Trinajstić information content (AvgIpc) is 3.14. The van der Waals surface area contributed by atoms with Gasteiger partial charge in [0, 0.05) is 23.6 Å². The van der Waals surface area contributed by atoms with Crippen molar-refractivity contribution >= 4 is 15.9 Å². The van der Waals surface area contributed by atoms with Crippen molar-refractivity contribution in [1.82, 2.24) is 5.32 Å². The first-order valence-electron chi connectivity index (χ1n) is 8.54. The second-order valence-electron chi connectivity index (χ2n) is 6.55. The Morgan fingerprint density at radius 2 is 1.85 bits per heavy atom. The van der Waals surface area contributed by atoms with Gasteiger partial charge in [0.2, 0.25) is 15.9 Å². The molecule has 1 fully saturated rings. The van der Waals surface area contributed by atoms with Crippen molar-refractivity contribution in [1.29, 1.82) is 0 Å². The van der Waals surface area contributed by atoms with Crippen LogP contribution in [0.15, 0.2) is 47.4 Å². The number of hydrogen-bond acceptors (Lipinski definition) is 3. The van der Waals surface area contributed by atoms with Crippen molar-refractivity contribution in [3.63, 3.8) is 0 Å². The van der Waals surface area contributed by atoms with Gasteiger partial charge in [-0.05, 0) is 30.5 Å². The number of primary sulfonamides is 1. The predicted octanol–water partition coefficient (Wildman–Crippen LogP) is 2.95. The van der Waals surface area contributed by atoms with Crippen molar-refractivity contribution in [3.8, 4) is 11.1 Å². The van der Waals surface area contributed by atoms with Crippen LogP contribution in [0.4, 0.5) is 4.39 Å². The summed E-state index contributed by atoms with van der Waals surface area (Å²) < 4.78 is 37.9. The van der Waals surface area contributed by atoms with E-state index in [4.69, 9.17) is 5.14 Å². The van der Waals surface area contributed by atoms with Gasteiger partial charge in [-0.25, -0.2) is 17.9 Å². The summed E-state index contributed by atoms with van der Waals surface area (Å²) in [5, 5.41) is 8.02. The van der Waals surface area contributed by atoms with Crippen LogP contribution in [-0.4, -0.2) is 14.3 Å². The fourth-order valence-electron chi connectivity index (χ4n) is 3.33. The molecule has 0 atom stereocenters. The standard InChI is InChI=1S/C19H21FN2O3S/c20-17-11-14(16-7-3-4-8-18(16)26(21,24)25)9-10-15(17)12-22-19(23)13-5-1-2-6-13/h3-4,7-11,13H,1-2,5-6,12H2,(H,22,23)(H2,21,24,25). The molecule has 0 heterocycles. The summed E-state index contributed by atoms with van der Waals surface area (Å²) in [5.41, 5.74) is 1.11. The lowest BCUT2D eigenvalue weighted by atomic mass is 10.0. The molecule has 0 bridgehead atoms. The number of nitrogens with one attached hydrogen (secondary N) is 1. The number of amides is 1.